The first kappa shape index (κ1) is 15.6. The fourth-order valence-corrected chi connectivity index (χ4v) is 2.32. The van der Waals surface area contributed by atoms with Gasteiger partial charge >= 0.3 is 0 Å². The smallest absolute Gasteiger partial charge is 0.257 e. The molecular formula is C13H12BrClN4O2. The molecule has 0 spiro atoms. The van der Waals surface area contributed by atoms with Gasteiger partial charge in [-0.25, -0.2) is 10.8 Å². The van der Waals surface area contributed by atoms with Crippen molar-refractivity contribution in [1.29, 1.82) is 0 Å². The van der Waals surface area contributed by atoms with Crippen molar-refractivity contribution in [1.82, 2.24) is 4.98 Å². The maximum atomic E-state index is 12.2. The molecule has 110 valence electrons. The van der Waals surface area contributed by atoms with Gasteiger partial charge in [0.2, 0.25) is 0 Å². The number of nitrogens with one attached hydrogen (secondary N) is 2. The molecule has 0 aliphatic heterocycles. The van der Waals surface area contributed by atoms with Gasteiger partial charge in [-0.2, -0.15) is 0 Å². The molecule has 0 aliphatic carbocycles. The molecule has 2 rings (SSSR count). The van der Waals surface area contributed by atoms with E-state index in [4.69, 9.17) is 22.2 Å². The summed E-state index contributed by atoms with van der Waals surface area (Å²) < 4.78 is 5.92. The number of hydrogen-bond donors (Lipinski definition) is 3. The Kier molecular flexibility index (Phi) is 5.00. The summed E-state index contributed by atoms with van der Waals surface area (Å²) in [4.78, 5) is 16.1. The molecule has 1 aromatic carbocycles. The number of nitrogen functional groups attached to an aromatic ring is 1. The number of carbonyl (C=O) groups is 1. The minimum Gasteiger partial charge on any atom is -0.497 e. The third-order valence-electron chi connectivity index (χ3n) is 2.60. The van der Waals surface area contributed by atoms with Gasteiger partial charge in [-0.3, -0.25) is 4.79 Å². The van der Waals surface area contributed by atoms with E-state index in [1.807, 2.05) is 0 Å². The number of hydrogen-bond acceptors (Lipinski definition) is 5. The predicted molar refractivity (Wildman–Crippen MR) is 85.7 cm³/mol. The fraction of sp³-hybridized carbons (Fsp3) is 0.0769. The number of nitrogens with zero attached hydrogens (tertiary/aromatic N) is 1. The molecule has 2 aromatic rings. The summed E-state index contributed by atoms with van der Waals surface area (Å²) >= 11 is 9.28. The summed E-state index contributed by atoms with van der Waals surface area (Å²) in [5, 5.41) is 3.00. The Morgan fingerprint density at radius 3 is 2.76 bits per heavy atom. The fourth-order valence-electron chi connectivity index (χ4n) is 1.62. The van der Waals surface area contributed by atoms with E-state index in [1.165, 1.54) is 12.3 Å². The van der Waals surface area contributed by atoms with E-state index < -0.39 is 0 Å². The molecule has 0 saturated carbocycles. The van der Waals surface area contributed by atoms with Crippen molar-refractivity contribution < 1.29 is 9.53 Å². The van der Waals surface area contributed by atoms with Crippen LogP contribution in [0.25, 0.3) is 0 Å². The number of ether oxygens (including phenoxy) is 1. The van der Waals surface area contributed by atoms with Gasteiger partial charge in [0.15, 0.2) is 5.82 Å². The minimum absolute atomic E-state index is 0.261. The van der Waals surface area contributed by atoms with Crippen LogP contribution in [0.1, 0.15) is 10.4 Å². The number of benzene rings is 1. The lowest BCUT2D eigenvalue weighted by Crippen LogP contribution is -2.14. The van der Waals surface area contributed by atoms with Gasteiger partial charge in [-0.05, 0) is 18.2 Å². The van der Waals surface area contributed by atoms with Crippen molar-refractivity contribution in [3.05, 3.63) is 45.5 Å². The monoisotopic (exact) mass is 370 g/mol. The first-order valence-corrected chi connectivity index (χ1v) is 6.98. The second-order valence-electron chi connectivity index (χ2n) is 4.03. The minimum atomic E-state index is -0.340. The van der Waals surface area contributed by atoms with Crippen molar-refractivity contribution in [2.24, 2.45) is 5.84 Å². The summed E-state index contributed by atoms with van der Waals surface area (Å²) in [6.45, 7) is 0. The van der Waals surface area contributed by atoms with Crippen LogP contribution in [0.3, 0.4) is 0 Å². The highest BCUT2D eigenvalue weighted by atomic mass is 79.9. The van der Waals surface area contributed by atoms with Gasteiger partial charge < -0.3 is 15.5 Å². The number of nitrogens with two attached hydrogens (primary N) is 1. The maximum absolute atomic E-state index is 12.2. The van der Waals surface area contributed by atoms with Crippen molar-refractivity contribution in [3.63, 3.8) is 0 Å². The van der Waals surface area contributed by atoms with E-state index in [9.17, 15) is 4.79 Å². The number of amides is 1. The van der Waals surface area contributed by atoms with E-state index in [1.54, 1.807) is 25.3 Å². The zero-order chi connectivity index (χ0) is 15.4. The Morgan fingerprint density at radius 1 is 1.38 bits per heavy atom. The number of pyridine rings is 1. The normalized spacial score (nSPS) is 10.1. The number of methoxy groups -OCH3 is 1. The number of hydrazine groups is 1. The standard InChI is InChI=1S/C13H12BrClN4O2/c1-21-10-4-8(14)3-9(5-10)18-13(20)7-2-11(15)12(19-16)17-6-7/h2-6H,16H2,1H3,(H,17,19)(H,18,20). The SMILES string of the molecule is COc1cc(Br)cc(NC(=O)c2cnc(NN)c(Cl)c2)c1. The van der Waals surface area contributed by atoms with Crippen LogP contribution in [-0.2, 0) is 0 Å². The average molecular weight is 372 g/mol. The third kappa shape index (κ3) is 3.84. The summed E-state index contributed by atoms with van der Waals surface area (Å²) in [6, 6.07) is 6.73. The molecule has 21 heavy (non-hydrogen) atoms. The van der Waals surface area contributed by atoms with Crippen LogP contribution in [0.4, 0.5) is 11.5 Å². The number of anilines is 2. The summed E-state index contributed by atoms with van der Waals surface area (Å²) in [5.41, 5.74) is 3.24. The van der Waals surface area contributed by atoms with E-state index in [0.717, 1.165) is 4.47 Å². The lowest BCUT2D eigenvalue weighted by Gasteiger charge is -2.09. The molecule has 0 atom stereocenters. The Bertz CT molecular complexity index is 681. The van der Waals surface area contributed by atoms with Crippen LogP contribution in [0, 0.1) is 0 Å². The summed E-state index contributed by atoms with van der Waals surface area (Å²) in [5.74, 6) is 5.82. The Labute approximate surface area is 134 Å². The molecule has 6 nitrogen and oxygen atoms in total. The van der Waals surface area contributed by atoms with Crippen LogP contribution in [-0.4, -0.2) is 18.0 Å². The average Bonchev–Trinajstić information content (AvgIpc) is 2.46. The molecule has 1 aromatic heterocycles. The van der Waals surface area contributed by atoms with E-state index in [0.29, 0.717) is 22.8 Å². The molecule has 0 bridgehead atoms. The van der Waals surface area contributed by atoms with E-state index >= 15 is 0 Å². The largest absolute Gasteiger partial charge is 0.497 e. The zero-order valence-corrected chi connectivity index (χ0v) is 13.3. The van der Waals surface area contributed by atoms with Gasteiger partial charge in [0.1, 0.15) is 5.75 Å². The van der Waals surface area contributed by atoms with Crippen molar-refractivity contribution in [3.8, 4) is 5.75 Å². The maximum Gasteiger partial charge on any atom is 0.257 e. The molecule has 0 radical (unpaired) electrons. The highest BCUT2D eigenvalue weighted by molar-refractivity contribution is 9.10. The van der Waals surface area contributed by atoms with Crippen LogP contribution >= 0.6 is 27.5 Å². The van der Waals surface area contributed by atoms with Crippen molar-refractivity contribution in [2.75, 3.05) is 17.9 Å². The molecule has 1 heterocycles. The Hall–Kier alpha value is -1.83. The number of halogens is 2. The second-order valence-corrected chi connectivity index (χ2v) is 5.36. The number of carbonyl (C=O) groups excluding carboxylic acids is 1. The summed E-state index contributed by atoms with van der Waals surface area (Å²) in [7, 11) is 1.55. The molecule has 0 fully saturated rings. The van der Waals surface area contributed by atoms with Crippen molar-refractivity contribution in [2.45, 2.75) is 0 Å². The van der Waals surface area contributed by atoms with Crippen LogP contribution in [0.2, 0.25) is 5.02 Å². The molecule has 0 unspecified atom stereocenters. The molecule has 8 heteroatoms. The van der Waals surface area contributed by atoms with Crippen molar-refractivity contribution >= 4 is 44.9 Å². The zero-order valence-electron chi connectivity index (χ0n) is 11.0. The topological polar surface area (TPSA) is 89.3 Å². The van der Waals surface area contributed by atoms with E-state index in [2.05, 4.69) is 31.7 Å². The van der Waals surface area contributed by atoms with Gasteiger partial charge in [0.25, 0.3) is 5.91 Å². The van der Waals surface area contributed by atoms with Crippen LogP contribution in [0.15, 0.2) is 34.9 Å². The van der Waals surface area contributed by atoms with E-state index in [-0.39, 0.29) is 10.9 Å². The predicted octanol–water partition coefficient (Wildman–Crippen LogP) is 3.04. The van der Waals surface area contributed by atoms with Gasteiger partial charge in [0, 0.05) is 22.4 Å². The quantitative estimate of drug-likeness (QED) is 0.568. The Balaban J connectivity index is 2.21. The number of aromatic nitrogens is 1. The molecule has 1 amide bonds. The second kappa shape index (κ2) is 6.75. The highest BCUT2D eigenvalue weighted by Gasteiger charge is 2.11. The molecule has 4 N–H and O–H groups in total. The van der Waals surface area contributed by atoms with Crippen LogP contribution < -0.4 is 21.3 Å². The Morgan fingerprint density at radius 2 is 2.14 bits per heavy atom. The molecular weight excluding hydrogens is 360 g/mol. The van der Waals surface area contributed by atoms with Crippen LogP contribution in [0.5, 0.6) is 5.75 Å². The lowest BCUT2D eigenvalue weighted by molar-refractivity contribution is 0.102. The lowest BCUT2D eigenvalue weighted by atomic mass is 10.2. The first-order chi connectivity index (χ1) is 10.0. The highest BCUT2D eigenvalue weighted by Crippen LogP contribution is 2.25. The molecule has 0 aliphatic rings. The first-order valence-electron chi connectivity index (χ1n) is 5.81. The molecule has 0 saturated heterocycles. The van der Waals surface area contributed by atoms with Gasteiger partial charge in [0.05, 0.1) is 17.7 Å². The summed E-state index contributed by atoms with van der Waals surface area (Å²) in [6.07, 6.45) is 1.38. The number of rotatable bonds is 4. The van der Waals surface area contributed by atoms with Gasteiger partial charge in [-0.1, -0.05) is 27.5 Å². The third-order valence-corrected chi connectivity index (χ3v) is 3.35. The van der Waals surface area contributed by atoms with Gasteiger partial charge in [-0.15, -0.1) is 0 Å².